The van der Waals surface area contributed by atoms with Crippen LogP contribution in [-0.2, 0) is 11.8 Å². The van der Waals surface area contributed by atoms with E-state index >= 15 is 0 Å². The van der Waals surface area contributed by atoms with Crippen molar-refractivity contribution in [3.8, 4) is 28.5 Å². The number of hydrogen-bond donors (Lipinski definition) is 1. The third-order valence-corrected chi connectivity index (χ3v) is 6.12. The van der Waals surface area contributed by atoms with Crippen molar-refractivity contribution in [2.24, 2.45) is 0 Å². The first-order valence-corrected chi connectivity index (χ1v) is 11.4. The Kier molecular flexibility index (Phi) is 6.22. The molecule has 0 radical (unpaired) electrons. The lowest BCUT2D eigenvalue weighted by molar-refractivity contribution is 0.375. The van der Waals surface area contributed by atoms with Crippen LogP contribution in [0.25, 0.3) is 22.2 Å². The van der Waals surface area contributed by atoms with Crippen LogP contribution in [0.5, 0.6) is 17.2 Å². The standard InChI is InChI=1S/C29H30FNO3/c1-7-20-27(31-22-11-9-8-10-21(22)28(20)32)26-17(2)14-18(29(3,4)5)15-25(26)34-23-13-12-19(30)16-24(23)33-6/h8-16H,7H2,1-6H3,(H,31,32). The van der Waals surface area contributed by atoms with E-state index in [-0.39, 0.29) is 10.8 Å². The predicted octanol–water partition coefficient (Wildman–Crippen LogP) is 7.30. The van der Waals surface area contributed by atoms with Gasteiger partial charge < -0.3 is 14.5 Å². The van der Waals surface area contributed by atoms with Crippen LogP contribution in [0.4, 0.5) is 4.39 Å². The number of aromatic amines is 1. The second kappa shape index (κ2) is 8.98. The van der Waals surface area contributed by atoms with Crippen LogP contribution < -0.4 is 14.9 Å². The van der Waals surface area contributed by atoms with Gasteiger partial charge in [-0.1, -0.05) is 45.9 Å². The number of halogens is 1. The number of fused-ring (bicyclic) bond motifs is 1. The highest BCUT2D eigenvalue weighted by Crippen LogP contribution is 2.42. The van der Waals surface area contributed by atoms with Gasteiger partial charge in [0.1, 0.15) is 11.6 Å². The summed E-state index contributed by atoms with van der Waals surface area (Å²) in [5, 5.41) is 0.662. The average molecular weight is 460 g/mol. The molecule has 0 bridgehead atoms. The lowest BCUT2D eigenvalue weighted by Crippen LogP contribution is -2.15. The van der Waals surface area contributed by atoms with E-state index in [0.717, 1.165) is 27.9 Å². The van der Waals surface area contributed by atoms with Gasteiger partial charge in [0.05, 0.1) is 12.8 Å². The number of benzene rings is 3. The van der Waals surface area contributed by atoms with Crippen molar-refractivity contribution in [1.29, 1.82) is 0 Å². The molecule has 0 unspecified atom stereocenters. The van der Waals surface area contributed by atoms with Gasteiger partial charge in [-0.25, -0.2) is 4.39 Å². The third-order valence-electron chi connectivity index (χ3n) is 6.12. The molecule has 0 aliphatic carbocycles. The molecule has 1 aromatic heterocycles. The number of nitrogens with one attached hydrogen (secondary N) is 1. The molecule has 4 aromatic rings. The summed E-state index contributed by atoms with van der Waals surface area (Å²) >= 11 is 0. The number of H-pyrrole nitrogens is 1. The van der Waals surface area contributed by atoms with Crippen LogP contribution in [0, 0.1) is 12.7 Å². The Morgan fingerprint density at radius 2 is 1.71 bits per heavy atom. The number of ether oxygens (including phenoxy) is 2. The van der Waals surface area contributed by atoms with Crippen molar-refractivity contribution >= 4 is 10.9 Å². The highest BCUT2D eigenvalue weighted by molar-refractivity contribution is 5.85. The van der Waals surface area contributed by atoms with Crippen LogP contribution in [0.3, 0.4) is 0 Å². The number of hydrogen-bond acceptors (Lipinski definition) is 3. The van der Waals surface area contributed by atoms with Gasteiger partial charge in [0.15, 0.2) is 16.9 Å². The third kappa shape index (κ3) is 4.30. The van der Waals surface area contributed by atoms with E-state index in [9.17, 15) is 9.18 Å². The fraction of sp³-hybridized carbons (Fsp3) is 0.276. The van der Waals surface area contributed by atoms with Crippen LogP contribution in [0.1, 0.15) is 44.4 Å². The smallest absolute Gasteiger partial charge is 0.193 e. The molecule has 0 fully saturated rings. The largest absolute Gasteiger partial charge is 0.493 e. The fourth-order valence-corrected chi connectivity index (χ4v) is 4.26. The molecule has 5 heteroatoms. The maximum absolute atomic E-state index is 13.8. The average Bonchev–Trinajstić information content (AvgIpc) is 2.79. The molecule has 0 aliphatic heterocycles. The molecular weight excluding hydrogens is 429 g/mol. The minimum atomic E-state index is -0.406. The molecule has 1 N–H and O–H groups in total. The van der Waals surface area contributed by atoms with E-state index in [1.165, 1.54) is 19.2 Å². The maximum Gasteiger partial charge on any atom is 0.193 e. The molecule has 3 aromatic carbocycles. The van der Waals surface area contributed by atoms with Crippen molar-refractivity contribution < 1.29 is 13.9 Å². The molecule has 0 spiro atoms. The lowest BCUT2D eigenvalue weighted by atomic mass is 9.84. The second-order valence-electron chi connectivity index (χ2n) is 9.52. The van der Waals surface area contributed by atoms with Gasteiger partial charge in [0, 0.05) is 28.1 Å². The fourth-order valence-electron chi connectivity index (χ4n) is 4.26. The number of pyridine rings is 1. The molecule has 0 aliphatic rings. The topological polar surface area (TPSA) is 51.3 Å². The van der Waals surface area contributed by atoms with Crippen LogP contribution in [-0.4, -0.2) is 12.1 Å². The van der Waals surface area contributed by atoms with Gasteiger partial charge in [0.25, 0.3) is 0 Å². The summed E-state index contributed by atoms with van der Waals surface area (Å²) < 4.78 is 25.6. The Bertz CT molecular complexity index is 1430. The number of aromatic nitrogens is 1. The van der Waals surface area contributed by atoms with E-state index < -0.39 is 5.82 Å². The summed E-state index contributed by atoms with van der Waals surface area (Å²) in [6, 6.07) is 15.9. The van der Waals surface area contributed by atoms with Gasteiger partial charge in [-0.3, -0.25) is 4.79 Å². The van der Waals surface area contributed by atoms with Gasteiger partial charge in [-0.15, -0.1) is 0 Å². The van der Waals surface area contributed by atoms with Crippen LogP contribution in [0.2, 0.25) is 0 Å². The van der Waals surface area contributed by atoms with E-state index in [2.05, 4.69) is 31.8 Å². The number of para-hydroxylation sites is 1. The molecule has 0 amide bonds. The normalized spacial score (nSPS) is 11.6. The quantitative estimate of drug-likeness (QED) is 0.341. The molecule has 34 heavy (non-hydrogen) atoms. The molecule has 1 heterocycles. The summed E-state index contributed by atoms with van der Waals surface area (Å²) in [6.07, 6.45) is 0.565. The van der Waals surface area contributed by atoms with E-state index in [1.807, 2.05) is 44.2 Å². The first-order chi connectivity index (χ1) is 16.1. The summed E-state index contributed by atoms with van der Waals surface area (Å²) in [4.78, 5) is 16.9. The Labute approximate surface area is 199 Å². The Morgan fingerprint density at radius 3 is 2.38 bits per heavy atom. The van der Waals surface area contributed by atoms with Crippen molar-refractivity contribution in [3.05, 3.63) is 87.3 Å². The molecule has 4 rings (SSSR count). The minimum absolute atomic E-state index is 0.0106. The molecule has 4 nitrogen and oxygen atoms in total. The number of rotatable bonds is 5. The molecule has 0 saturated carbocycles. The van der Waals surface area contributed by atoms with Gasteiger partial charge >= 0.3 is 0 Å². The monoisotopic (exact) mass is 459 g/mol. The van der Waals surface area contributed by atoms with Crippen molar-refractivity contribution in [2.45, 2.75) is 46.5 Å². The maximum atomic E-state index is 13.8. The zero-order valence-electron chi connectivity index (χ0n) is 20.5. The number of aryl methyl sites for hydroxylation is 1. The van der Waals surface area contributed by atoms with Gasteiger partial charge in [0.2, 0.25) is 0 Å². The van der Waals surface area contributed by atoms with E-state index in [4.69, 9.17) is 9.47 Å². The van der Waals surface area contributed by atoms with Crippen molar-refractivity contribution in [3.63, 3.8) is 0 Å². The van der Waals surface area contributed by atoms with Crippen molar-refractivity contribution in [1.82, 2.24) is 4.98 Å². The van der Waals surface area contributed by atoms with Crippen molar-refractivity contribution in [2.75, 3.05) is 7.11 Å². The first-order valence-electron chi connectivity index (χ1n) is 11.4. The van der Waals surface area contributed by atoms with E-state index in [1.54, 1.807) is 6.07 Å². The molecular formula is C29H30FNO3. The van der Waals surface area contributed by atoms with Gasteiger partial charge in [-0.2, -0.15) is 0 Å². The summed E-state index contributed by atoms with van der Waals surface area (Å²) in [5.41, 5.74) is 4.95. The summed E-state index contributed by atoms with van der Waals surface area (Å²) in [5.74, 6) is 0.871. The Balaban J connectivity index is 2.03. The zero-order valence-corrected chi connectivity index (χ0v) is 20.5. The SMILES string of the molecule is CCc1c(-c2c(C)cc(C(C)(C)C)cc2Oc2ccc(F)cc2OC)[nH]c2ccccc2c1=O. The zero-order chi connectivity index (χ0) is 24.6. The summed E-state index contributed by atoms with van der Waals surface area (Å²) in [6.45, 7) is 10.4. The minimum Gasteiger partial charge on any atom is -0.493 e. The Morgan fingerprint density at radius 1 is 0.971 bits per heavy atom. The molecule has 0 saturated heterocycles. The highest BCUT2D eigenvalue weighted by atomic mass is 19.1. The summed E-state index contributed by atoms with van der Waals surface area (Å²) in [7, 11) is 1.48. The first kappa shape index (κ1) is 23.6. The second-order valence-corrected chi connectivity index (χ2v) is 9.52. The van der Waals surface area contributed by atoms with Crippen LogP contribution >= 0.6 is 0 Å². The highest BCUT2D eigenvalue weighted by Gasteiger charge is 2.23. The predicted molar refractivity (Wildman–Crippen MR) is 136 cm³/mol. The Hall–Kier alpha value is -3.60. The molecule has 0 atom stereocenters. The molecule has 176 valence electrons. The number of methoxy groups -OCH3 is 1. The van der Waals surface area contributed by atoms with Crippen LogP contribution in [0.15, 0.2) is 59.4 Å². The van der Waals surface area contributed by atoms with E-state index in [0.29, 0.717) is 34.6 Å². The van der Waals surface area contributed by atoms with Gasteiger partial charge in [-0.05, 0) is 60.2 Å². The lowest BCUT2D eigenvalue weighted by Gasteiger charge is -2.24.